The molecule has 21 nitrogen and oxygen atoms in total. The maximum atomic E-state index is 11.5. The van der Waals surface area contributed by atoms with E-state index >= 15 is 0 Å². The van der Waals surface area contributed by atoms with E-state index in [2.05, 4.69) is 47.6 Å². The van der Waals surface area contributed by atoms with Crippen LogP contribution in [-0.4, -0.2) is 222 Å². The summed E-state index contributed by atoms with van der Waals surface area (Å²) in [6, 6.07) is 0. The zero-order valence-corrected chi connectivity index (χ0v) is 43.9. The van der Waals surface area contributed by atoms with E-state index in [0.717, 1.165) is 36.5 Å². The second kappa shape index (κ2) is 24.3. The second-order valence-electron chi connectivity index (χ2n) is 24.1. The molecule has 29 unspecified atom stereocenters. The van der Waals surface area contributed by atoms with Crippen LogP contribution < -0.4 is 0 Å². The van der Waals surface area contributed by atoms with E-state index in [9.17, 15) is 66.4 Å². The Hall–Kier alpha value is -1.10. The van der Waals surface area contributed by atoms with Gasteiger partial charge in [-0.05, 0) is 110 Å². The molecule has 0 bridgehead atoms. The van der Waals surface area contributed by atoms with Crippen molar-refractivity contribution in [2.24, 2.45) is 52.3 Å². The van der Waals surface area contributed by atoms with Crippen molar-refractivity contribution in [1.82, 2.24) is 0 Å². The summed E-state index contributed by atoms with van der Waals surface area (Å²) < 4.78 is 46.6. The molecule has 0 radical (unpaired) electrons. The van der Waals surface area contributed by atoms with Crippen molar-refractivity contribution in [2.75, 3.05) is 26.4 Å². The van der Waals surface area contributed by atoms with Crippen molar-refractivity contribution in [2.45, 2.75) is 241 Å². The summed E-state index contributed by atoms with van der Waals surface area (Å²) >= 11 is 0. The molecule has 8 aliphatic rings. The highest BCUT2D eigenvalue weighted by molar-refractivity contribution is 5.25. The molecule has 13 N–H and O–H groups in total. The largest absolute Gasteiger partial charge is 0.394 e. The Bertz CT molecular complexity index is 1820. The minimum atomic E-state index is -2.02. The minimum absolute atomic E-state index is 0.0317. The first kappa shape index (κ1) is 59.0. The Morgan fingerprint density at radius 1 is 0.541 bits per heavy atom. The highest BCUT2D eigenvalue weighted by atomic mass is 16.8. The van der Waals surface area contributed by atoms with Gasteiger partial charge in [-0.15, -0.1) is 0 Å². The third-order valence-corrected chi connectivity index (χ3v) is 19.8. The van der Waals surface area contributed by atoms with Gasteiger partial charge in [-0.1, -0.05) is 66.0 Å². The summed E-state index contributed by atoms with van der Waals surface area (Å²) in [6.45, 7) is 11.4. The molecule has 428 valence electrons. The van der Waals surface area contributed by atoms with Crippen molar-refractivity contribution in [3.63, 3.8) is 0 Å². The van der Waals surface area contributed by atoms with Crippen LogP contribution in [0.3, 0.4) is 0 Å². The molecule has 4 aliphatic carbocycles. The van der Waals surface area contributed by atoms with Gasteiger partial charge in [0, 0.05) is 0 Å². The molecule has 4 saturated heterocycles. The second-order valence-corrected chi connectivity index (χ2v) is 24.1. The summed E-state index contributed by atoms with van der Waals surface area (Å²) in [5.41, 5.74) is 1.76. The van der Waals surface area contributed by atoms with E-state index in [1.165, 1.54) is 50.5 Å². The molecule has 74 heavy (non-hydrogen) atoms. The summed E-state index contributed by atoms with van der Waals surface area (Å²) in [5.74, 6) is 4.94. The number of aliphatic hydroxyl groups excluding tert-OH is 13. The van der Waals surface area contributed by atoms with Crippen LogP contribution in [-0.2, 0) is 37.9 Å². The number of aliphatic hydroxyl groups is 13. The average molecular weight is 1060 g/mol. The number of fused-ring (bicyclic) bond motifs is 5. The Morgan fingerprint density at radius 3 is 1.49 bits per heavy atom. The van der Waals surface area contributed by atoms with Crippen LogP contribution in [0.5, 0.6) is 0 Å². The molecule has 0 aromatic heterocycles. The Balaban J connectivity index is 0.852. The van der Waals surface area contributed by atoms with E-state index < -0.39 is 149 Å². The van der Waals surface area contributed by atoms with Crippen LogP contribution in [0.15, 0.2) is 11.6 Å². The third kappa shape index (κ3) is 11.2. The topological polar surface area (TPSA) is 337 Å². The van der Waals surface area contributed by atoms with Crippen LogP contribution in [0.4, 0.5) is 0 Å². The molecule has 3 saturated carbocycles. The molecule has 0 amide bonds. The van der Waals surface area contributed by atoms with E-state index in [1.54, 1.807) is 0 Å². The molecule has 0 aromatic carbocycles. The molecular weight excluding hydrogens is 973 g/mol. The highest BCUT2D eigenvalue weighted by Gasteiger charge is 2.60. The summed E-state index contributed by atoms with van der Waals surface area (Å²) in [5, 5.41) is 139. The summed E-state index contributed by atoms with van der Waals surface area (Å²) in [7, 11) is 0. The molecular formula is C53H90O21. The number of ether oxygens (including phenoxy) is 8. The van der Waals surface area contributed by atoms with Gasteiger partial charge >= 0.3 is 0 Å². The van der Waals surface area contributed by atoms with Crippen molar-refractivity contribution in [3.05, 3.63) is 11.6 Å². The monoisotopic (exact) mass is 1060 g/mol. The number of hydrogen-bond donors (Lipinski definition) is 13. The van der Waals surface area contributed by atoms with E-state index in [0.29, 0.717) is 36.0 Å². The lowest BCUT2D eigenvalue weighted by atomic mass is 9.47. The normalized spacial score (nSPS) is 50.6. The van der Waals surface area contributed by atoms with Gasteiger partial charge in [-0.25, -0.2) is 0 Å². The average Bonchev–Trinajstić information content (AvgIpc) is 3.75. The van der Waals surface area contributed by atoms with Crippen molar-refractivity contribution >= 4 is 0 Å². The quantitative estimate of drug-likeness (QED) is 0.0757. The van der Waals surface area contributed by atoms with Crippen molar-refractivity contribution in [1.29, 1.82) is 0 Å². The minimum Gasteiger partial charge on any atom is -0.394 e. The first-order chi connectivity index (χ1) is 35.1. The Labute approximate surface area is 434 Å². The number of hydrogen-bond acceptors (Lipinski definition) is 21. The standard InChI is InChI=1S/C53H90O21/c1-7-25(23(2)3)9-8-24(4)29-12-13-30-28-11-10-26-18-27(14-16-52(26,5)31(28)15-17-53(29,30)6)67-48-42(64)38(60)45(33(20-55)69-48)73-50-44(66)40(62)47(35(22-57)71-50)74-51-43(65)39(61)46(34(21-56)70-51)72-49-41(63)37(59)36(58)32(19-54)68-49/h10,23-25,27-51,54-66H,7-9,11-22H2,1-6H3. The van der Waals surface area contributed by atoms with Crippen molar-refractivity contribution in [3.8, 4) is 0 Å². The lowest BCUT2D eigenvalue weighted by Gasteiger charge is -2.58. The van der Waals surface area contributed by atoms with Crippen molar-refractivity contribution < 1.29 is 104 Å². The molecule has 7 fully saturated rings. The van der Waals surface area contributed by atoms with Crippen LogP contribution in [0.2, 0.25) is 0 Å². The van der Waals surface area contributed by atoms with Gasteiger partial charge in [0.15, 0.2) is 25.2 Å². The summed E-state index contributed by atoms with van der Waals surface area (Å²) in [4.78, 5) is 0. The molecule has 0 spiro atoms. The molecule has 4 aliphatic heterocycles. The fourth-order valence-electron chi connectivity index (χ4n) is 15.2. The Kier molecular flexibility index (Phi) is 19.4. The number of rotatable bonds is 18. The smallest absolute Gasteiger partial charge is 0.187 e. The summed E-state index contributed by atoms with van der Waals surface area (Å²) in [6.07, 6.45) is -19.9. The first-order valence-corrected chi connectivity index (χ1v) is 27.6. The predicted octanol–water partition coefficient (Wildman–Crippen LogP) is -0.678. The fraction of sp³-hybridized carbons (Fsp3) is 0.962. The van der Waals surface area contributed by atoms with Gasteiger partial charge in [0.1, 0.15) is 97.7 Å². The van der Waals surface area contributed by atoms with Gasteiger partial charge < -0.3 is 104 Å². The zero-order chi connectivity index (χ0) is 53.7. The van der Waals surface area contributed by atoms with Gasteiger partial charge in [0.2, 0.25) is 0 Å². The lowest BCUT2D eigenvalue weighted by Crippen LogP contribution is -2.67. The lowest BCUT2D eigenvalue weighted by molar-refractivity contribution is -0.389. The SMILES string of the molecule is CCC(CCC(C)C1CCC2C3CC=C4CC(OC5OC(CO)C(OC6OC(CO)C(OC7OC(CO)C(OC8OC(CO)C(O)C(O)C8O)C(O)C7O)C(O)C6O)C(O)C5O)CCC4(C)C3CCC12C)C(C)C. The molecule has 8 rings (SSSR count). The Morgan fingerprint density at radius 2 is 1.01 bits per heavy atom. The highest BCUT2D eigenvalue weighted by Crippen LogP contribution is 2.67. The molecule has 21 heteroatoms. The van der Waals surface area contributed by atoms with Crippen LogP contribution in [0.1, 0.15) is 112 Å². The maximum Gasteiger partial charge on any atom is 0.187 e. The van der Waals surface area contributed by atoms with E-state index in [-0.39, 0.29) is 11.5 Å². The van der Waals surface area contributed by atoms with E-state index in [4.69, 9.17) is 37.9 Å². The predicted molar refractivity (Wildman–Crippen MR) is 259 cm³/mol. The van der Waals surface area contributed by atoms with Crippen LogP contribution in [0.25, 0.3) is 0 Å². The van der Waals surface area contributed by atoms with Gasteiger partial charge in [-0.2, -0.15) is 0 Å². The molecule has 4 heterocycles. The first-order valence-electron chi connectivity index (χ1n) is 27.6. The molecule has 29 atom stereocenters. The maximum absolute atomic E-state index is 11.5. The number of allylic oxidation sites excluding steroid dienone is 1. The van der Waals surface area contributed by atoms with Crippen LogP contribution in [0, 0.1) is 52.3 Å². The van der Waals surface area contributed by atoms with E-state index in [1.807, 2.05) is 0 Å². The van der Waals surface area contributed by atoms with Gasteiger partial charge in [-0.3, -0.25) is 0 Å². The van der Waals surface area contributed by atoms with Gasteiger partial charge in [0.25, 0.3) is 0 Å². The zero-order valence-electron chi connectivity index (χ0n) is 43.9. The van der Waals surface area contributed by atoms with Crippen LogP contribution >= 0.6 is 0 Å². The third-order valence-electron chi connectivity index (χ3n) is 19.8. The fourth-order valence-corrected chi connectivity index (χ4v) is 15.2. The van der Waals surface area contributed by atoms with Gasteiger partial charge in [0.05, 0.1) is 32.5 Å². The molecule has 0 aromatic rings.